The SMILES string of the molecule is CCCCCC(=O)Nc1ccc(C)cc1N. The maximum Gasteiger partial charge on any atom is 0.224 e. The molecule has 0 aliphatic heterocycles. The molecule has 0 saturated carbocycles. The minimum absolute atomic E-state index is 0.0454. The molecule has 0 fully saturated rings. The summed E-state index contributed by atoms with van der Waals surface area (Å²) in [5.74, 6) is 0.0454. The van der Waals surface area contributed by atoms with Gasteiger partial charge in [-0.25, -0.2) is 0 Å². The van der Waals surface area contributed by atoms with E-state index in [0.29, 0.717) is 17.8 Å². The van der Waals surface area contributed by atoms with Gasteiger partial charge in [-0.15, -0.1) is 0 Å². The molecule has 1 amide bonds. The van der Waals surface area contributed by atoms with Crippen molar-refractivity contribution in [2.45, 2.75) is 39.5 Å². The van der Waals surface area contributed by atoms with E-state index in [-0.39, 0.29) is 5.91 Å². The number of amides is 1. The summed E-state index contributed by atoms with van der Waals surface area (Å²) in [6.45, 7) is 4.10. The van der Waals surface area contributed by atoms with Crippen LogP contribution in [0, 0.1) is 6.92 Å². The van der Waals surface area contributed by atoms with Gasteiger partial charge in [-0.3, -0.25) is 4.79 Å². The Morgan fingerprint density at radius 2 is 2.12 bits per heavy atom. The molecule has 0 aliphatic carbocycles. The molecular formula is C13H20N2O. The molecule has 0 aromatic heterocycles. The van der Waals surface area contributed by atoms with Crippen LogP contribution < -0.4 is 11.1 Å². The number of aryl methyl sites for hydroxylation is 1. The third-order valence-electron chi connectivity index (χ3n) is 2.49. The van der Waals surface area contributed by atoms with Gasteiger partial charge in [0, 0.05) is 6.42 Å². The molecule has 0 saturated heterocycles. The number of hydrogen-bond acceptors (Lipinski definition) is 2. The molecule has 3 nitrogen and oxygen atoms in total. The summed E-state index contributed by atoms with van der Waals surface area (Å²) in [7, 11) is 0. The zero-order valence-electron chi connectivity index (χ0n) is 10.0. The second-order valence-electron chi connectivity index (χ2n) is 4.10. The van der Waals surface area contributed by atoms with Gasteiger partial charge in [0.15, 0.2) is 0 Å². The normalized spacial score (nSPS) is 10.1. The van der Waals surface area contributed by atoms with Crippen LogP contribution in [0.2, 0.25) is 0 Å². The minimum atomic E-state index is 0.0454. The molecule has 0 unspecified atom stereocenters. The highest BCUT2D eigenvalue weighted by molar-refractivity contribution is 5.93. The number of nitrogen functional groups attached to an aromatic ring is 1. The summed E-state index contributed by atoms with van der Waals surface area (Å²) < 4.78 is 0. The van der Waals surface area contributed by atoms with Crippen LogP contribution >= 0.6 is 0 Å². The molecule has 0 spiro atoms. The number of anilines is 2. The Morgan fingerprint density at radius 1 is 1.38 bits per heavy atom. The number of benzene rings is 1. The number of nitrogens with one attached hydrogen (secondary N) is 1. The monoisotopic (exact) mass is 220 g/mol. The molecule has 16 heavy (non-hydrogen) atoms. The Hall–Kier alpha value is -1.51. The predicted octanol–water partition coefficient (Wildman–Crippen LogP) is 3.10. The van der Waals surface area contributed by atoms with Crippen molar-refractivity contribution in [3.05, 3.63) is 23.8 Å². The quantitative estimate of drug-likeness (QED) is 0.591. The Kier molecular flexibility index (Phi) is 4.83. The third-order valence-corrected chi connectivity index (χ3v) is 2.49. The molecule has 0 heterocycles. The lowest BCUT2D eigenvalue weighted by atomic mass is 10.1. The zero-order valence-corrected chi connectivity index (χ0v) is 10.0. The number of carbonyl (C=O) groups excluding carboxylic acids is 1. The molecule has 0 radical (unpaired) electrons. The lowest BCUT2D eigenvalue weighted by Crippen LogP contribution is -2.12. The van der Waals surface area contributed by atoms with Crippen molar-refractivity contribution in [2.75, 3.05) is 11.1 Å². The van der Waals surface area contributed by atoms with E-state index in [2.05, 4.69) is 12.2 Å². The van der Waals surface area contributed by atoms with E-state index in [0.717, 1.165) is 24.8 Å². The van der Waals surface area contributed by atoms with Crippen LogP contribution in [0.3, 0.4) is 0 Å². The van der Waals surface area contributed by atoms with Gasteiger partial charge in [0.2, 0.25) is 5.91 Å². The largest absolute Gasteiger partial charge is 0.397 e. The first-order valence-corrected chi connectivity index (χ1v) is 5.79. The van der Waals surface area contributed by atoms with E-state index in [1.54, 1.807) is 0 Å². The van der Waals surface area contributed by atoms with Crippen LogP contribution in [0.15, 0.2) is 18.2 Å². The van der Waals surface area contributed by atoms with Crippen LogP contribution in [0.1, 0.15) is 38.2 Å². The molecule has 3 heteroatoms. The molecule has 88 valence electrons. The highest BCUT2D eigenvalue weighted by Gasteiger charge is 2.04. The number of carbonyl (C=O) groups is 1. The first-order chi connectivity index (χ1) is 7.63. The molecule has 0 aliphatic rings. The van der Waals surface area contributed by atoms with Gasteiger partial charge >= 0.3 is 0 Å². The highest BCUT2D eigenvalue weighted by Crippen LogP contribution is 2.19. The third kappa shape index (κ3) is 3.93. The summed E-state index contributed by atoms with van der Waals surface area (Å²) in [5, 5.41) is 2.83. The van der Waals surface area contributed by atoms with Gasteiger partial charge < -0.3 is 11.1 Å². The Balaban J connectivity index is 2.49. The minimum Gasteiger partial charge on any atom is -0.397 e. The summed E-state index contributed by atoms with van der Waals surface area (Å²) in [5.41, 5.74) is 8.25. The van der Waals surface area contributed by atoms with Crippen LogP contribution in [0.5, 0.6) is 0 Å². The average molecular weight is 220 g/mol. The van der Waals surface area contributed by atoms with Gasteiger partial charge in [0.05, 0.1) is 11.4 Å². The highest BCUT2D eigenvalue weighted by atomic mass is 16.1. The molecule has 3 N–H and O–H groups in total. The van der Waals surface area contributed by atoms with E-state index >= 15 is 0 Å². The van der Waals surface area contributed by atoms with Crippen LogP contribution in [-0.2, 0) is 4.79 Å². The predicted molar refractivity (Wildman–Crippen MR) is 68.4 cm³/mol. The van der Waals surface area contributed by atoms with E-state index in [4.69, 9.17) is 5.73 Å². The van der Waals surface area contributed by atoms with E-state index in [9.17, 15) is 4.79 Å². The Morgan fingerprint density at radius 3 is 2.75 bits per heavy atom. The van der Waals surface area contributed by atoms with Crippen molar-refractivity contribution in [3.63, 3.8) is 0 Å². The smallest absolute Gasteiger partial charge is 0.224 e. The molecule has 1 rings (SSSR count). The number of nitrogens with two attached hydrogens (primary N) is 1. The van der Waals surface area contributed by atoms with Gasteiger partial charge in [-0.05, 0) is 31.0 Å². The zero-order chi connectivity index (χ0) is 12.0. The first-order valence-electron chi connectivity index (χ1n) is 5.79. The topological polar surface area (TPSA) is 55.1 Å². The van der Waals surface area contributed by atoms with E-state index in [1.165, 1.54) is 0 Å². The van der Waals surface area contributed by atoms with Crippen LogP contribution in [-0.4, -0.2) is 5.91 Å². The standard InChI is InChI=1S/C13H20N2O/c1-3-4-5-6-13(16)15-12-8-7-10(2)9-11(12)14/h7-9H,3-6,14H2,1-2H3,(H,15,16). The molecule has 1 aromatic rings. The van der Waals surface area contributed by atoms with Crippen molar-refractivity contribution in [2.24, 2.45) is 0 Å². The summed E-state index contributed by atoms with van der Waals surface area (Å²) in [6.07, 6.45) is 3.73. The molecular weight excluding hydrogens is 200 g/mol. The first kappa shape index (κ1) is 12.6. The number of rotatable bonds is 5. The van der Waals surface area contributed by atoms with Crippen molar-refractivity contribution < 1.29 is 4.79 Å². The van der Waals surface area contributed by atoms with Crippen molar-refractivity contribution in [1.29, 1.82) is 0 Å². The van der Waals surface area contributed by atoms with E-state index in [1.807, 2.05) is 25.1 Å². The maximum absolute atomic E-state index is 11.6. The number of unbranched alkanes of at least 4 members (excludes halogenated alkanes) is 2. The van der Waals surface area contributed by atoms with Gasteiger partial charge in [-0.2, -0.15) is 0 Å². The van der Waals surface area contributed by atoms with Crippen molar-refractivity contribution in [3.8, 4) is 0 Å². The number of hydrogen-bond donors (Lipinski definition) is 2. The second-order valence-corrected chi connectivity index (χ2v) is 4.10. The lowest BCUT2D eigenvalue weighted by Gasteiger charge is -2.08. The van der Waals surface area contributed by atoms with Gasteiger partial charge in [0.25, 0.3) is 0 Å². The van der Waals surface area contributed by atoms with Crippen LogP contribution in [0.25, 0.3) is 0 Å². The van der Waals surface area contributed by atoms with Crippen LogP contribution in [0.4, 0.5) is 11.4 Å². The summed E-state index contributed by atoms with van der Waals surface area (Å²) in [6, 6.07) is 5.65. The Labute approximate surface area is 97.0 Å². The molecule has 1 aromatic carbocycles. The second kappa shape index (κ2) is 6.16. The van der Waals surface area contributed by atoms with Gasteiger partial charge in [0.1, 0.15) is 0 Å². The van der Waals surface area contributed by atoms with Crippen molar-refractivity contribution in [1.82, 2.24) is 0 Å². The Bertz CT molecular complexity index is 361. The fourth-order valence-corrected chi connectivity index (χ4v) is 1.54. The maximum atomic E-state index is 11.6. The van der Waals surface area contributed by atoms with E-state index < -0.39 is 0 Å². The summed E-state index contributed by atoms with van der Waals surface area (Å²) >= 11 is 0. The fourth-order valence-electron chi connectivity index (χ4n) is 1.54. The lowest BCUT2D eigenvalue weighted by molar-refractivity contribution is -0.116. The molecule has 0 bridgehead atoms. The average Bonchev–Trinajstić information content (AvgIpc) is 2.23. The molecule has 0 atom stereocenters. The van der Waals surface area contributed by atoms with Gasteiger partial charge in [-0.1, -0.05) is 25.8 Å². The van der Waals surface area contributed by atoms with Crippen molar-refractivity contribution >= 4 is 17.3 Å². The fraction of sp³-hybridized carbons (Fsp3) is 0.462. The summed E-state index contributed by atoms with van der Waals surface area (Å²) in [4.78, 5) is 11.6.